The molecule has 2 N–H and O–H groups in total. The molecule has 43 heavy (non-hydrogen) atoms. The number of amides is 4. The van der Waals surface area contributed by atoms with Crippen molar-refractivity contribution in [3.63, 3.8) is 0 Å². The van der Waals surface area contributed by atoms with Gasteiger partial charge in [0.15, 0.2) is 0 Å². The van der Waals surface area contributed by atoms with E-state index in [0.29, 0.717) is 44.8 Å². The van der Waals surface area contributed by atoms with Crippen LogP contribution in [0.25, 0.3) is 0 Å². The summed E-state index contributed by atoms with van der Waals surface area (Å²) in [6.45, 7) is 7.65. The Hall–Kier alpha value is -3.83. The first-order chi connectivity index (χ1) is 20.4. The lowest BCUT2D eigenvalue weighted by molar-refractivity contribution is -0.141. The maximum absolute atomic E-state index is 13.1. The molecule has 2 aliphatic heterocycles. The molecule has 2 saturated heterocycles. The molecular formula is C31H46N4O8. The highest BCUT2D eigenvalue weighted by atomic mass is 16.6. The first kappa shape index (κ1) is 33.7. The van der Waals surface area contributed by atoms with Crippen molar-refractivity contribution < 1.29 is 38.2 Å². The Bertz CT molecular complexity index is 1100. The molecule has 0 radical (unpaired) electrons. The SMILES string of the molecule is COC(=O)C[C@H](NC(=O)OCc1ccccc1)NC(=O)[C@@H]1CCCN(C(=O)CCC2CCN(C(=O)OC(C)(C)C)CC2)C1. The minimum atomic E-state index is -1.03. The van der Waals surface area contributed by atoms with Crippen LogP contribution in [-0.2, 0) is 35.2 Å². The standard InChI is InChI=1S/C31H46N4O8/c1-31(2,3)43-30(40)34-17-14-22(15-18-34)12-13-26(36)35-16-8-11-24(20-35)28(38)32-25(19-27(37)41-4)33-29(39)42-21-23-9-6-5-7-10-23/h5-7,9-10,22,24-25H,8,11-21H2,1-4H3,(H,32,38)(H,33,39)/t24-,25+/m1/s1. The Morgan fingerprint density at radius 1 is 0.953 bits per heavy atom. The van der Waals surface area contributed by atoms with Crippen molar-refractivity contribution >= 4 is 30.0 Å². The van der Waals surface area contributed by atoms with Gasteiger partial charge in [-0.05, 0) is 64.4 Å². The highest BCUT2D eigenvalue weighted by Crippen LogP contribution is 2.25. The van der Waals surface area contributed by atoms with Gasteiger partial charge in [0.05, 0.1) is 19.4 Å². The van der Waals surface area contributed by atoms with E-state index in [9.17, 15) is 24.0 Å². The van der Waals surface area contributed by atoms with Crippen LogP contribution in [0.15, 0.2) is 30.3 Å². The van der Waals surface area contributed by atoms with Gasteiger partial charge in [-0.2, -0.15) is 0 Å². The topological polar surface area (TPSA) is 144 Å². The van der Waals surface area contributed by atoms with Crippen LogP contribution in [0.1, 0.15) is 71.3 Å². The second-order valence-electron chi connectivity index (χ2n) is 12.2. The largest absolute Gasteiger partial charge is 0.469 e. The summed E-state index contributed by atoms with van der Waals surface area (Å²) in [7, 11) is 1.23. The number of alkyl carbamates (subject to hydrolysis) is 1. The number of ether oxygens (including phenoxy) is 3. The summed E-state index contributed by atoms with van der Waals surface area (Å²) < 4.78 is 15.4. The molecule has 1 aromatic rings. The zero-order valence-corrected chi connectivity index (χ0v) is 25.8. The first-order valence-electron chi connectivity index (χ1n) is 15.0. The van der Waals surface area contributed by atoms with Crippen molar-refractivity contribution in [2.75, 3.05) is 33.3 Å². The number of carbonyl (C=O) groups excluding carboxylic acids is 5. The molecule has 0 saturated carbocycles. The van der Waals surface area contributed by atoms with Crippen LogP contribution in [0, 0.1) is 11.8 Å². The number of nitrogens with zero attached hydrogens (tertiary/aromatic N) is 2. The van der Waals surface area contributed by atoms with E-state index in [1.165, 1.54) is 7.11 Å². The fourth-order valence-electron chi connectivity index (χ4n) is 5.22. The van der Waals surface area contributed by atoms with Crippen molar-refractivity contribution in [2.45, 2.75) is 84.1 Å². The number of hydrogen-bond acceptors (Lipinski definition) is 8. The van der Waals surface area contributed by atoms with Gasteiger partial charge < -0.3 is 34.6 Å². The van der Waals surface area contributed by atoms with Gasteiger partial charge in [-0.25, -0.2) is 9.59 Å². The third-order valence-corrected chi connectivity index (χ3v) is 7.60. The second kappa shape index (κ2) is 16.1. The summed E-state index contributed by atoms with van der Waals surface area (Å²) in [5.41, 5.74) is 0.265. The molecule has 12 heteroatoms. The van der Waals surface area contributed by atoms with Crippen LogP contribution in [0.4, 0.5) is 9.59 Å². The molecule has 0 aromatic heterocycles. The Labute approximate surface area is 253 Å². The van der Waals surface area contributed by atoms with Gasteiger partial charge in [-0.3, -0.25) is 14.4 Å². The number of carbonyl (C=O) groups is 5. The van der Waals surface area contributed by atoms with E-state index in [1.54, 1.807) is 9.80 Å². The van der Waals surface area contributed by atoms with Crippen LogP contribution in [0.2, 0.25) is 0 Å². The molecule has 0 bridgehead atoms. The molecule has 2 heterocycles. The van der Waals surface area contributed by atoms with Crippen LogP contribution < -0.4 is 10.6 Å². The van der Waals surface area contributed by atoms with E-state index in [1.807, 2.05) is 51.1 Å². The van der Waals surface area contributed by atoms with Crippen LogP contribution in [0.3, 0.4) is 0 Å². The molecule has 2 aliphatic rings. The number of benzene rings is 1. The number of methoxy groups -OCH3 is 1. The van der Waals surface area contributed by atoms with Crippen LogP contribution in [-0.4, -0.2) is 84.8 Å². The smallest absolute Gasteiger partial charge is 0.410 e. The first-order valence-corrected chi connectivity index (χ1v) is 15.0. The molecule has 1 aromatic carbocycles. The Kier molecular flexibility index (Phi) is 12.6. The average Bonchev–Trinajstić information content (AvgIpc) is 2.98. The summed E-state index contributed by atoms with van der Waals surface area (Å²) in [4.78, 5) is 66.3. The minimum Gasteiger partial charge on any atom is -0.469 e. The van der Waals surface area contributed by atoms with E-state index >= 15 is 0 Å². The summed E-state index contributed by atoms with van der Waals surface area (Å²) in [6.07, 6.45) is 1.62. The summed E-state index contributed by atoms with van der Waals surface area (Å²) in [5.74, 6) is -1.09. The molecule has 4 amide bonds. The van der Waals surface area contributed by atoms with Crippen molar-refractivity contribution in [1.29, 1.82) is 0 Å². The number of nitrogens with one attached hydrogen (secondary N) is 2. The predicted octanol–water partition coefficient (Wildman–Crippen LogP) is 3.58. The van der Waals surface area contributed by atoms with Crippen molar-refractivity contribution in [3.05, 3.63) is 35.9 Å². The van der Waals surface area contributed by atoms with E-state index in [0.717, 1.165) is 24.8 Å². The summed E-state index contributed by atoms with van der Waals surface area (Å²) >= 11 is 0. The van der Waals surface area contributed by atoms with Crippen LogP contribution in [0.5, 0.6) is 0 Å². The third-order valence-electron chi connectivity index (χ3n) is 7.60. The van der Waals surface area contributed by atoms with E-state index in [4.69, 9.17) is 14.2 Å². The van der Waals surface area contributed by atoms with Gasteiger partial charge in [0.25, 0.3) is 0 Å². The predicted molar refractivity (Wildman–Crippen MR) is 157 cm³/mol. The lowest BCUT2D eigenvalue weighted by Gasteiger charge is -2.35. The van der Waals surface area contributed by atoms with Crippen molar-refractivity contribution in [3.8, 4) is 0 Å². The average molecular weight is 603 g/mol. The van der Waals surface area contributed by atoms with Gasteiger partial charge in [0.2, 0.25) is 11.8 Å². The maximum Gasteiger partial charge on any atom is 0.410 e. The van der Waals surface area contributed by atoms with Gasteiger partial charge in [-0.1, -0.05) is 30.3 Å². The Morgan fingerprint density at radius 2 is 1.65 bits per heavy atom. The fourth-order valence-corrected chi connectivity index (χ4v) is 5.22. The number of piperidine rings is 2. The summed E-state index contributed by atoms with van der Waals surface area (Å²) in [6, 6.07) is 9.13. The Morgan fingerprint density at radius 3 is 2.30 bits per heavy atom. The van der Waals surface area contributed by atoms with Gasteiger partial charge in [0, 0.05) is 32.6 Å². The van der Waals surface area contributed by atoms with E-state index < -0.39 is 29.7 Å². The van der Waals surface area contributed by atoms with Crippen LogP contribution >= 0.6 is 0 Å². The normalized spacial score (nSPS) is 18.3. The monoisotopic (exact) mass is 602 g/mol. The zero-order valence-electron chi connectivity index (χ0n) is 25.8. The number of esters is 1. The maximum atomic E-state index is 13.1. The molecule has 2 fully saturated rings. The molecule has 12 nitrogen and oxygen atoms in total. The molecule has 0 unspecified atom stereocenters. The Balaban J connectivity index is 1.44. The highest BCUT2D eigenvalue weighted by Gasteiger charge is 2.32. The molecule has 238 valence electrons. The summed E-state index contributed by atoms with van der Waals surface area (Å²) in [5, 5.41) is 5.25. The minimum absolute atomic E-state index is 0.000738. The number of rotatable bonds is 10. The fraction of sp³-hybridized carbons (Fsp3) is 0.645. The zero-order chi connectivity index (χ0) is 31.4. The molecular weight excluding hydrogens is 556 g/mol. The van der Waals surface area contributed by atoms with E-state index in [-0.39, 0.29) is 37.5 Å². The number of hydrogen-bond donors (Lipinski definition) is 2. The lowest BCUT2D eigenvalue weighted by atomic mass is 9.91. The second-order valence-corrected chi connectivity index (χ2v) is 12.2. The molecule has 0 aliphatic carbocycles. The molecule has 2 atom stereocenters. The number of likely N-dealkylation sites (tertiary alicyclic amines) is 2. The highest BCUT2D eigenvalue weighted by molar-refractivity contribution is 5.83. The van der Waals surface area contributed by atoms with Gasteiger partial charge in [0.1, 0.15) is 18.4 Å². The van der Waals surface area contributed by atoms with Gasteiger partial charge in [-0.15, -0.1) is 0 Å². The molecule has 0 spiro atoms. The van der Waals surface area contributed by atoms with Crippen molar-refractivity contribution in [1.82, 2.24) is 20.4 Å². The lowest BCUT2D eigenvalue weighted by Crippen LogP contribution is -2.53. The van der Waals surface area contributed by atoms with Crippen molar-refractivity contribution in [2.24, 2.45) is 11.8 Å². The molecule has 3 rings (SSSR count). The van der Waals surface area contributed by atoms with E-state index in [2.05, 4.69) is 10.6 Å². The quantitative estimate of drug-likeness (QED) is 0.235. The van der Waals surface area contributed by atoms with Gasteiger partial charge >= 0.3 is 18.2 Å². The third kappa shape index (κ3) is 11.8.